The van der Waals surface area contributed by atoms with E-state index in [9.17, 15) is 0 Å². The second-order valence-corrected chi connectivity index (χ2v) is 7.06. The quantitative estimate of drug-likeness (QED) is 0.694. The summed E-state index contributed by atoms with van der Waals surface area (Å²) in [5.74, 6) is 3.51. The first-order valence-corrected chi connectivity index (χ1v) is 9.85. The van der Waals surface area contributed by atoms with Gasteiger partial charge in [-0.3, -0.25) is 0 Å². The lowest BCUT2D eigenvalue weighted by Gasteiger charge is -2.35. The Hall–Kier alpha value is -3.35. The molecular weight excluding hydrogens is 364 g/mol. The predicted octanol–water partition coefficient (Wildman–Crippen LogP) is 3.13. The summed E-state index contributed by atoms with van der Waals surface area (Å²) in [4.78, 5) is 18.4. The van der Waals surface area contributed by atoms with Gasteiger partial charge in [-0.2, -0.15) is 4.98 Å². The van der Waals surface area contributed by atoms with E-state index in [-0.39, 0.29) is 0 Å². The van der Waals surface area contributed by atoms with Crippen LogP contribution in [0.4, 0.5) is 17.6 Å². The van der Waals surface area contributed by atoms with Crippen molar-refractivity contribution >= 4 is 17.6 Å². The monoisotopic (exact) mass is 390 g/mol. The van der Waals surface area contributed by atoms with E-state index >= 15 is 0 Å². The molecule has 1 aromatic carbocycles. The molecule has 7 heteroatoms. The molecule has 1 N–H and O–H groups in total. The molecule has 0 unspecified atom stereocenters. The van der Waals surface area contributed by atoms with Crippen molar-refractivity contribution in [2.75, 3.05) is 48.4 Å². The van der Waals surface area contributed by atoms with Crippen LogP contribution in [-0.4, -0.2) is 48.2 Å². The lowest BCUT2D eigenvalue weighted by molar-refractivity contribution is 0.414. The molecule has 29 heavy (non-hydrogen) atoms. The smallest absolute Gasteiger partial charge is 0.227 e. The average Bonchev–Trinajstić information content (AvgIpc) is 2.78. The lowest BCUT2D eigenvalue weighted by Crippen LogP contribution is -2.47. The van der Waals surface area contributed by atoms with Crippen LogP contribution in [0.1, 0.15) is 11.3 Å². The number of pyridine rings is 1. The van der Waals surface area contributed by atoms with Crippen LogP contribution in [0.25, 0.3) is 0 Å². The van der Waals surface area contributed by atoms with Gasteiger partial charge in [-0.15, -0.1) is 0 Å². The van der Waals surface area contributed by atoms with E-state index < -0.39 is 0 Å². The number of aromatic nitrogens is 3. The number of rotatable bonds is 6. The maximum atomic E-state index is 5.21. The predicted molar refractivity (Wildman–Crippen MR) is 116 cm³/mol. The highest BCUT2D eigenvalue weighted by molar-refractivity contribution is 5.47. The van der Waals surface area contributed by atoms with Gasteiger partial charge in [-0.25, -0.2) is 9.97 Å². The second kappa shape index (κ2) is 8.77. The Kier molecular flexibility index (Phi) is 5.74. The third-order valence-corrected chi connectivity index (χ3v) is 5.01. The highest BCUT2D eigenvalue weighted by atomic mass is 16.5. The zero-order chi connectivity index (χ0) is 20.1. The number of piperazine rings is 1. The van der Waals surface area contributed by atoms with Gasteiger partial charge in [0.25, 0.3) is 0 Å². The maximum Gasteiger partial charge on any atom is 0.227 e. The number of anilines is 3. The average molecular weight is 390 g/mol. The minimum Gasteiger partial charge on any atom is -0.497 e. The molecule has 0 aliphatic carbocycles. The van der Waals surface area contributed by atoms with E-state index in [0.717, 1.165) is 55.2 Å². The second-order valence-electron chi connectivity index (χ2n) is 7.06. The third kappa shape index (κ3) is 4.74. The van der Waals surface area contributed by atoms with Gasteiger partial charge in [0.15, 0.2) is 0 Å². The summed E-state index contributed by atoms with van der Waals surface area (Å²) in [7, 11) is 1.68. The Bertz CT molecular complexity index is 924. The lowest BCUT2D eigenvalue weighted by atomic mass is 10.2. The molecule has 1 aliphatic rings. The van der Waals surface area contributed by atoms with Crippen molar-refractivity contribution in [3.63, 3.8) is 0 Å². The van der Waals surface area contributed by atoms with Gasteiger partial charge in [0.05, 0.1) is 7.11 Å². The summed E-state index contributed by atoms with van der Waals surface area (Å²) in [5, 5.41) is 3.41. The van der Waals surface area contributed by atoms with Gasteiger partial charge in [-0.05, 0) is 36.8 Å². The van der Waals surface area contributed by atoms with Crippen molar-refractivity contribution in [1.29, 1.82) is 0 Å². The molecule has 1 fully saturated rings. The van der Waals surface area contributed by atoms with Gasteiger partial charge in [0, 0.05) is 50.7 Å². The van der Waals surface area contributed by atoms with Gasteiger partial charge < -0.3 is 19.9 Å². The summed E-state index contributed by atoms with van der Waals surface area (Å²) in [5.41, 5.74) is 2.13. The molecule has 4 rings (SSSR count). The van der Waals surface area contributed by atoms with Gasteiger partial charge in [-0.1, -0.05) is 18.2 Å². The van der Waals surface area contributed by atoms with E-state index in [1.54, 1.807) is 7.11 Å². The van der Waals surface area contributed by atoms with E-state index in [1.807, 2.05) is 43.5 Å². The highest BCUT2D eigenvalue weighted by Crippen LogP contribution is 2.19. The first-order valence-electron chi connectivity index (χ1n) is 9.85. The zero-order valence-electron chi connectivity index (χ0n) is 16.9. The van der Waals surface area contributed by atoms with Crippen molar-refractivity contribution in [3.05, 3.63) is 66.0 Å². The van der Waals surface area contributed by atoms with Crippen LogP contribution in [0, 0.1) is 6.92 Å². The summed E-state index contributed by atoms with van der Waals surface area (Å²) in [6.07, 6.45) is 1.84. The van der Waals surface area contributed by atoms with Crippen molar-refractivity contribution in [1.82, 2.24) is 15.0 Å². The Morgan fingerprint density at radius 2 is 1.72 bits per heavy atom. The SMILES string of the molecule is COc1ccc(CNc2cc(C)nc(N3CCN(c4ccccn4)CC3)n2)cc1. The molecule has 1 aliphatic heterocycles. The zero-order valence-corrected chi connectivity index (χ0v) is 16.9. The molecule has 150 valence electrons. The summed E-state index contributed by atoms with van der Waals surface area (Å²) in [6.45, 7) is 6.27. The molecule has 1 saturated heterocycles. The first kappa shape index (κ1) is 19.0. The fourth-order valence-corrected chi connectivity index (χ4v) is 3.40. The summed E-state index contributed by atoms with van der Waals surface area (Å²) >= 11 is 0. The molecule has 2 aromatic heterocycles. The van der Waals surface area contributed by atoms with Crippen molar-refractivity contribution in [3.8, 4) is 5.75 Å². The Morgan fingerprint density at radius 1 is 0.966 bits per heavy atom. The fourth-order valence-electron chi connectivity index (χ4n) is 3.40. The van der Waals surface area contributed by atoms with Crippen molar-refractivity contribution < 1.29 is 4.74 Å². The number of ether oxygens (including phenoxy) is 1. The minimum atomic E-state index is 0.702. The molecule has 3 heterocycles. The minimum absolute atomic E-state index is 0.702. The first-order chi connectivity index (χ1) is 14.2. The van der Waals surface area contributed by atoms with Crippen LogP contribution in [0.2, 0.25) is 0 Å². The maximum absolute atomic E-state index is 5.21. The Balaban J connectivity index is 1.39. The van der Waals surface area contributed by atoms with Gasteiger partial charge in [0.2, 0.25) is 5.95 Å². The molecule has 0 amide bonds. The highest BCUT2D eigenvalue weighted by Gasteiger charge is 2.20. The van der Waals surface area contributed by atoms with Gasteiger partial charge in [0.1, 0.15) is 17.4 Å². The van der Waals surface area contributed by atoms with Crippen LogP contribution in [0.15, 0.2) is 54.7 Å². The number of methoxy groups -OCH3 is 1. The largest absolute Gasteiger partial charge is 0.497 e. The standard InChI is InChI=1S/C22H26N6O/c1-17-15-20(24-16-18-6-8-19(29-2)9-7-18)26-22(25-17)28-13-11-27(12-14-28)21-5-3-4-10-23-21/h3-10,15H,11-14,16H2,1-2H3,(H,24,25,26). The molecule has 7 nitrogen and oxygen atoms in total. The number of hydrogen-bond acceptors (Lipinski definition) is 7. The van der Waals surface area contributed by atoms with Crippen LogP contribution >= 0.6 is 0 Å². The van der Waals surface area contributed by atoms with Gasteiger partial charge >= 0.3 is 0 Å². The molecule has 3 aromatic rings. The van der Waals surface area contributed by atoms with Crippen LogP contribution in [-0.2, 0) is 6.54 Å². The summed E-state index contributed by atoms with van der Waals surface area (Å²) in [6, 6.07) is 16.1. The van der Waals surface area contributed by atoms with Crippen molar-refractivity contribution in [2.45, 2.75) is 13.5 Å². The van der Waals surface area contributed by atoms with Crippen LogP contribution < -0.4 is 19.9 Å². The molecule has 0 atom stereocenters. The topological polar surface area (TPSA) is 66.4 Å². The van der Waals surface area contributed by atoms with E-state index in [4.69, 9.17) is 9.72 Å². The molecule has 0 spiro atoms. The Labute approximate surface area is 171 Å². The van der Waals surface area contributed by atoms with E-state index in [0.29, 0.717) is 6.54 Å². The number of benzene rings is 1. The van der Waals surface area contributed by atoms with Crippen LogP contribution in [0.5, 0.6) is 5.75 Å². The fraction of sp³-hybridized carbons (Fsp3) is 0.318. The third-order valence-electron chi connectivity index (χ3n) is 5.01. The number of aryl methyl sites for hydroxylation is 1. The van der Waals surface area contributed by atoms with Crippen LogP contribution in [0.3, 0.4) is 0 Å². The molecule has 0 bridgehead atoms. The number of nitrogens with one attached hydrogen (secondary N) is 1. The number of nitrogens with zero attached hydrogens (tertiary/aromatic N) is 5. The number of hydrogen-bond donors (Lipinski definition) is 1. The van der Waals surface area contributed by atoms with Crippen molar-refractivity contribution in [2.24, 2.45) is 0 Å². The molecule has 0 radical (unpaired) electrons. The molecule has 0 saturated carbocycles. The summed E-state index contributed by atoms with van der Waals surface area (Å²) < 4.78 is 5.21. The van der Waals surface area contributed by atoms with E-state index in [2.05, 4.69) is 43.3 Å². The molecular formula is C22H26N6O. The Morgan fingerprint density at radius 3 is 2.41 bits per heavy atom. The normalized spacial score (nSPS) is 14.0. The van der Waals surface area contributed by atoms with E-state index in [1.165, 1.54) is 5.56 Å².